The van der Waals surface area contributed by atoms with Crippen LogP contribution in [-0.2, 0) is 6.54 Å². The molecule has 1 amide bonds. The van der Waals surface area contributed by atoms with E-state index >= 15 is 0 Å². The van der Waals surface area contributed by atoms with Gasteiger partial charge in [0, 0.05) is 27.4 Å². The lowest BCUT2D eigenvalue weighted by atomic mass is 10.2. The van der Waals surface area contributed by atoms with Gasteiger partial charge < -0.3 is 5.32 Å². The molecule has 0 spiro atoms. The Morgan fingerprint density at radius 2 is 2.05 bits per heavy atom. The quantitative estimate of drug-likeness (QED) is 0.874. The van der Waals surface area contributed by atoms with Gasteiger partial charge in [0.05, 0.1) is 5.56 Å². The maximum atomic E-state index is 12.0. The summed E-state index contributed by atoms with van der Waals surface area (Å²) >= 11 is 6.74. The molecule has 0 unspecified atom stereocenters. The largest absolute Gasteiger partial charge is 0.348 e. The van der Waals surface area contributed by atoms with Crippen LogP contribution in [0.15, 0.2) is 45.5 Å². The van der Waals surface area contributed by atoms with E-state index in [4.69, 9.17) is 0 Å². The van der Waals surface area contributed by atoms with E-state index in [1.165, 1.54) is 0 Å². The SMILES string of the molecule is Cc1ccc(CNC(=O)c2ccc(Br)cc2Br)cn1. The molecule has 2 rings (SSSR count). The summed E-state index contributed by atoms with van der Waals surface area (Å²) in [6, 6.07) is 9.35. The lowest BCUT2D eigenvalue weighted by molar-refractivity contribution is 0.0950. The van der Waals surface area contributed by atoms with Gasteiger partial charge >= 0.3 is 0 Å². The molecule has 0 saturated carbocycles. The van der Waals surface area contributed by atoms with Crippen LogP contribution >= 0.6 is 31.9 Å². The van der Waals surface area contributed by atoms with Crippen molar-refractivity contribution >= 4 is 37.8 Å². The standard InChI is InChI=1S/C14H12Br2N2O/c1-9-2-3-10(7-17-9)8-18-14(19)12-5-4-11(15)6-13(12)16/h2-7H,8H2,1H3,(H,18,19). The van der Waals surface area contributed by atoms with Crippen LogP contribution in [0.2, 0.25) is 0 Å². The number of carbonyl (C=O) groups is 1. The minimum Gasteiger partial charge on any atom is -0.348 e. The highest BCUT2D eigenvalue weighted by Crippen LogP contribution is 2.21. The highest BCUT2D eigenvalue weighted by Gasteiger charge is 2.09. The molecule has 0 aliphatic rings. The monoisotopic (exact) mass is 382 g/mol. The molecule has 0 atom stereocenters. The minimum absolute atomic E-state index is 0.111. The van der Waals surface area contributed by atoms with Crippen LogP contribution in [-0.4, -0.2) is 10.9 Å². The van der Waals surface area contributed by atoms with Crippen molar-refractivity contribution < 1.29 is 4.79 Å². The number of benzene rings is 1. The molecule has 0 fully saturated rings. The fourth-order valence-electron chi connectivity index (χ4n) is 1.55. The summed E-state index contributed by atoms with van der Waals surface area (Å²) < 4.78 is 1.69. The molecule has 3 nitrogen and oxygen atoms in total. The van der Waals surface area contributed by atoms with E-state index in [9.17, 15) is 4.79 Å². The fourth-order valence-corrected chi connectivity index (χ4v) is 2.78. The Morgan fingerprint density at radius 3 is 2.68 bits per heavy atom. The van der Waals surface area contributed by atoms with Crippen LogP contribution in [0.3, 0.4) is 0 Å². The van der Waals surface area contributed by atoms with Gasteiger partial charge in [-0.1, -0.05) is 22.0 Å². The molecule has 0 radical (unpaired) electrons. The predicted octanol–water partition coefficient (Wildman–Crippen LogP) is 3.85. The first-order valence-electron chi connectivity index (χ1n) is 5.71. The van der Waals surface area contributed by atoms with E-state index in [0.29, 0.717) is 12.1 Å². The van der Waals surface area contributed by atoms with Crippen molar-refractivity contribution in [1.29, 1.82) is 0 Å². The first-order valence-corrected chi connectivity index (χ1v) is 7.29. The van der Waals surface area contributed by atoms with Crippen LogP contribution in [0.25, 0.3) is 0 Å². The molecular formula is C14H12Br2N2O. The zero-order chi connectivity index (χ0) is 13.8. The van der Waals surface area contributed by atoms with Gasteiger partial charge in [0.15, 0.2) is 0 Å². The summed E-state index contributed by atoms with van der Waals surface area (Å²) in [7, 11) is 0. The van der Waals surface area contributed by atoms with Crippen LogP contribution in [0, 0.1) is 6.92 Å². The molecule has 1 heterocycles. The third-order valence-electron chi connectivity index (χ3n) is 2.60. The first-order chi connectivity index (χ1) is 9.06. The lowest BCUT2D eigenvalue weighted by Gasteiger charge is -2.07. The number of amides is 1. The molecule has 1 aromatic carbocycles. The number of hydrogen-bond donors (Lipinski definition) is 1. The third kappa shape index (κ3) is 3.88. The lowest BCUT2D eigenvalue weighted by Crippen LogP contribution is -2.23. The summed E-state index contributed by atoms with van der Waals surface area (Å²) in [5.41, 5.74) is 2.56. The smallest absolute Gasteiger partial charge is 0.252 e. The Kier molecular flexibility index (Phi) is 4.71. The molecule has 5 heteroatoms. The van der Waals surface area contributed by atoms with Crippen molar-refractivity contribution in [2.45, 2.75) is 13.5 Å². The van der Waals surface area contributed by atoms with E-state index in [1.807, 2.05) is 31.2 Å². The van der Waals surface area contributed by atoms with E-state index in [0.717, 1.165) is 20.2 Å². The summed E-state index contributed by atoms with van der Waals surface area (Å²) in [6.07, 6.45) is 1.77. The van der Waals surface area contributed by atoms with Gasteiger partial charge in [0.2, 0.25) is 0 Å². The van der Waals surface area contributed by atoms with Crippen LogP contribution in [0.1, 0.15) is 21.6 Å². The Balaban J connectivity index is 2.03. The van der Waals surface area contributed by atoms with Crippen molar-refractivity contribution in [2.75, 3.05) is 0 Å². The van der Waals surface area contributed by atoms with Crippen LogP contribution in [0.4, 0.5) is 0 Å². The number of aromatic nitrogens is 1. The van der Waals surface area contributed by atoms with Gasteiger partial charge in [-0.15, -0.1) is 0 Å². The maximum Gasteiger partial charge on any atom is 0.252 e. The van der Waals surface area contributed by atoms with E-state index < -0.39 is 0 Å². The zero-order valence-electron chi connectivity index (χ0n) is 10.3. The number of carbonyl (C=O) groups excluding carboxylic acids is 1. The van der Waals surface area contributed by atoms with Crippen molar-refractivity contribution in [2.24, 2.45) is 0 Å². The second-order valence-corrected chi connectivity index (χ2v) is 5.88. The molecule has 2 aromatic rings. The number of aryl methyl sites for hydroxylation is 1. The number of nitrogens with zero attached hydrogens (tertiary/aromatic N) is 1. The van der Waals surface area contributed by atoms with Crippen molar-refractivity contribution in [1.82, 2.24) is 10.3 Å². The van der Waals surface area contributed by atoms with Crippen molar-refractivity contribution in [3.05, 3.63) is 62.3 Å². The van der Waals surface area contributed by atoms with E-state index in [-0.39, 0.29) is 5.91 Å². The molecule has 0 aliphatic carbocycles. The highest BCUT2D eigenvalue weighted by molar-refractivity contribution is 9.11. The zero-order valence-corrected chi connectivity index (χ0v) is 13.5. The molecular weight excluding hydrogens is 372 g/mol. The van der Waals surface area contributed by atoms with Crippen molar-refractivity contribution in [3.63, 3.8) is 0 Å². The topological polar surface area (TPSA) is 42.0 Å². The van der Waals surface area contributed by atoms with E-state index in [2.05, 4.69) is 42.2 Å². The van der Waals surface area contributed by atoms with Gasteiger partial charge in [-0.05, 0) is 52.7 Å². The summed E-state index contributed by atoms with van der Waals surface area (Å²) in [6.45, 7) is 2.40. The maximum absolute atomic E-state index is 12.0. The number of hydrogen-bond acceptors (Lipinski definition) is 2. The summed E-state index contributed by atoms with van der Waals surface area (Å²) in [5.74, 6) is -0.111. The van der Waals surface area contributed by atoms with Crippen molar-refractivity contribution in [3.8, 4) is 0 Å². The van der Waals surface area contributed by atoms with Gasteiger partial charge in [0.1, 0.15) is 0 Å². The number of rotatable bonds is 3. The molecule has 0 saturated heterocycles. The Bertz CT molecular complexity index is 597. The second-order valence-electron chi connectivity index (χ2n) is 4.11. The average Bonchev–Trinajstić information content (AvgIpc) is 2.37. The number of nitrogens with one attached hydrogen (secondary N) is 1. The molecule has 1 N–H and O–H groups in total. The number of pyridine rings is 1. The highest BCUT2D eigenvalue weighted by atomic mass is 79.9. The van der Waals surface area contributed by atoms with Crippen LogP contribution < -0.4 is 5.32 Å². The average molecular weight is 384 g/mol. The Morgan fingerprint density at radius 1 is 1.26 bits per heavy atom. The number of halogens is 2. The Labute approximate surface area is 128 Å². The fraction of sp³-hybridized carbons (Fsp3) is 0.143. The first kappa shape index (κ1) is 14.2. The Hall–Kier alpha value is -1.20. The van der Waals surface area contributed by atoms with Gasteiger partial charge in [0.25, 0.3) is 5.91 Å². The summed E-state index contributed by atoms with van der Waals surface area (Å²) in [5, 5.41) is 2.87. The van der Waals surface area contributed by atoms with E-state index in [1.54, 1.807) is 12.3 Å². The summed E-state index contributed by atoms with van der Waals surface area (Å²) in [4.78, 5) is 16.2. The predicted molar refractivity (Wildman–Crippen MR) is 82.0 cm³/mol. The van der Waals surface area contributed by atoms with Gasteiger partial charge in [-0.25, -0.2) is 0 Å². The molecule has 0 aliphatic heterocycles. The molecule has 19 heavy (non-hydrogen) atoms. The minimum atomic E-state index is -0.111. The molecule has 0 bridgehead atoms. The van der Waals surface area contributed by atoms with Gasteiger partial charge in [-0.3, -0.25) is 9.78 Å². The molecule has 98 valence electrons. The second kappa shape index (κ2) is 6.30. The molecule has 1 aromatic heterocycles. The van der Waals surface area contributed by atoms with Gasteiger partial charge in [-0.2, -0.15) is 0 Å². The third-order valence-corrected chi connectivity index (χ3v) is 3.75. The van der Waals surface area contributed by atoms with Crippen LogP contribution in [0.5, 0.6) is 0 Å². The normalized spacial score (nSPS) is 10.3.